The number of fused-ring (bicyclic) bond motifs is 1. The lowest BCUT2D eigenvalue weighted by molar-refractivity contribution is 0.0642. The predicted octanol–water partition coefficient (Wildman–Crippen LogP) is 1.71. The van der Waals surface area contributed by atoms with Crippen LogP contribution in [0.15, 0.2) is 42.6 Å². The van der Waals surface area contributed by atoms with Crippen molar-refractivity contribution in [2.45, 2.75) is 6.54 Å². The summed E-state index contributed by atoms with van der Waals surface area (Å²) in [5.41, 5.74) is 1.78. The molecule has 0 unspecified atom stereocenters. The first-order chi connectivity index (χ1) is 11.7. The van der Waals surface area contributed by atoms with Crippen molar-refractivity contribution in [1.82, 2.24) is 9.88 Å². The highest BCUT2D eigenvalue weighted by molar-refractivity contribution is 6.21. The summed E-state index contributed by atoms with van der Waals surface area (Å²) >= 11 is 0. The maximum absolute atomic E-state index is 12.4. The van der Waals surface area contributed by atoms with E-state index < -0.39 is 0 Å². The van der Waals surface area contributed by atoms with Crippen molar-refractivity contribution in [2.75, 3.05) is 31.2 Å². The number of anilines is 1. The van der Waals surface area contributed by atoms with Crippen molar-refractivity contribution in [3.8, 4) is 0 Å². The van der Waals surface area contributed by atoms with Crippen LogP contribution in [0.2, 0.25) is 0 Å². The lowest BCUT2D eigenvalue weighted by atomic mass is 10.1. The van der Waals surface area contributed by atoms with E-state index >= 15 is 0 Å². The van der Waals surface area contributed by atoms with Gasteiger partial charge in [-0.25, -0.2) is 4.98 Å². The van der Waals surface area contributed by atoms with E-state index in [1.54, 1.807) is 30.5 Å². The number of morpholine rings is 1. The summed E-state index contributed by atoms with van der Waals surface area (Å²) in [6, 6.07) is 10.8. The molecule has 3 heterocycles. The van der Waals surface area contributed by atoms with Crippen molar-refractivity contribution in [2.24, 2.45) is 0 Å². The zero-order chi connectivity index (χ0) is 16.5. The van der Waals surface area contributed by atoms with E-state index in [0.717, 1.165) is 24.5 Å². The van der Waals surface area contributed by atoms with Crippen LogP contribution in [0.5, 0.6) is 0 Å². The molecule has 4 rings (SSSR count). The van der Waals surface area contributed by atoms with Crippen LogP contribution in [0.1, 0.15) is 26.3 Å². The molecule has 1 fully saturated rings. The molecule has 0 radical (unpaired) electrons. The minimum atomic E-state index is -0.243. The van der Waals surface area contributed by atoms with E-state index in [-0.39, 0.29) is 18.4 Å². The van der Waals surface area contributed by atoms with Gasteiger partial charge in [-0.05, 0) is 23.8 Å². The second-order valence-corrected chi connectivity index (χ2v) is 5.87. The number of pyridine rings is 1. The Morgan fingerprint density at radius 3 is 2.21 bits per heavy atom. The van der Waals surface area contributed by atoms with Gasteiger partial charge in [0.15, 0.2) is 0 Å². The third-order valence-electron chi connectivity index (χ3n) is 4.36. The van der Waals surface area contributed by atoms with Crippen molar-refractivity contribution in [3.63, 3.8) is 0 Å². The van der Waals surface area contributed by atoms with E-state index in [9.17, 15) is 9.59 Å². The zero-order valence-electron chi connectivity index (χ0n) is 13.1. The highest BCUT2D eigenvalue weighted by Crippen LogP contribution is 2.24. The van der Waals surface area contributed by atoms with Gasteiger partial charge < -0.3 is 9.64 Å². The minimum Gasteiger partial charge on any atom is -0.378 e. The van der Waals surface area contributed by atoms with Gasteiger partial charge in [0.2, 0.25) is 0 Å². The molecule has 1 aromatic carbocycles. The monoisotopic (exact) mass is 323 g/mol. The highest BCUT2D eigenvalue weighted by Gasteiger charge is 2.34. The van der Waals surface area contributed by atoms with Gasteiger partial charge in [0.1, 0.15) is 5.82 Å². The molecule has 2 aliphatic rings. The summed E-state index contributed by atoms with van der Waals surface area (Å²) < 4.78 is 5.34. The third-order valence-corrected chi connectivity index (χ3v) is 4.36. The molecule has 0 saturated carbocycles. The average molecular weight is 323 g/mol. The number of benzene rings is 1. The van der Waals surface area contributed by atoms with Crippen LogP contribution in [0.3, 0.4) is 0 Å². The van der Waals surface area contributed by atoms with E-state index in [4.69, 9.17) is 4.74 Å². The number of carbonyl (C=O) groups excluding carboxylic acids is 2. The van der Waals surface area contributed by atoms with Crippen molar-refractivity contribution in [3.05, 3.63) is 59.3 Å². The second kappa shape index (κ2) is 6.05. The summed E-state index contributed by atoms with van der Waals surface area (Å²) in [4.78, 5) is 32.7. The first-order valence-corrected chi connectivity index (χ1v) is 7.97. The van der Waals surface area contributed by atoms with E-state index in [2.05, 4.69) is 9.88 Å². The Bertz CT molecular complexity index is 747. The number of imide groups is 1. The number of aromatic nitrogens is 1. The van der Waals surface area contributed by atoms with Crippen LogP contribution in [0, 0.1) is 0 Å². The van der Waals surface area contributed by atoms with Crippen LogP contribution >= 0.6 is 0 Å². The number of rotatable bonds is 3. The number of nitrogens with zero attached hydrogens (tertiary/aromatic N) is 3. The van der Waals surface area contributed by atoms with Crippen molar-refractivity contribution >= 4 is 17.6 Å². The quantitative estimate of drug-likeness (QED) is 0.805. The molecule has 6 heteroatoms. The molecule has 0 aliphatic carbocycles. The molecule has 0 N–H and O–H groups in total. The molecule has 0 bridgehead atoms. The summed E-state index contributed by atoms with van der Waals surface area (Å²) in [5, 5.41) is 0. The SMILES string of the molecule is O=C1c2ccccc2C(=O)N1Cc1ccc(N2CCOCC2)nc1. The van der Waals surface area contributed by atoms with Crippen molar-refractivity contribution in [1.29, 1.82) is 0 Å². The normalized spacial score (nSPS) is 17.3. The molecule has 2 aliphatic heterocycles. The standard InChI is InChI=1S/C18H17N3O3/c22-17-14-3-1-2-4-15(14)18(23)21(17)12-13-5-6-16(19-11-13)20-7-9-24-10-8-20/h1-6,11H,7-10,12H2. The molecule has 2 amide bonds. The Morgan fingerprint density at radius 2 is 1.62 bits per heavy atom. The van der Waals surface area contributed by atoms with Gasteiger partial charge >= 0.3 is 0 Å². The molecular weight excluding hydrogens is 306 g/mol. The molecule has 6 nitrogen and oxygen atoms in total. The number of hydrogen-bond acceptors (Lipinski definition) is 5. The predicted molar refractivity (Wildman–Crippen MR) is 87.9 cm³/mol. The Labute approximate surface area is 139 Å². The lowest BCUT2D eigenvalue weighted by Gasteiger charge is -2.27. The molecule has 2 aromatic rings. The maximum atomic E-state index is 12.4. The first-order valence-electron chi connectivity index (χ1n) is 7.97. The summed E-state index contributed by atoms with van der Waals surface area (Å²) in [6.07, 6.45) is 1.73. The second-order valence-electron chi connectivity index (χ2n) is 5.87. The fraction of sp³-hybridized carbons (Fsp3) is 0.278. The Morgan fingerprint density at radius 1 is 0.958 bits per heavy atom. The molecule has 24 heavy (non-hydrogen) atoms. The van der Waals surface area contributed by atoms with Gasteiger partial charge in [-0.3, -0.25) is 14.5 Å². The zero-order valence-corrected chi connectivity index (χ0v) is 13.1. The molecule has 0 atom stereocenters. The number of hydrogen-bond donors (Lipinski definition) is 0. The van der Waals surface area contributed by atoms with Crippen LogP contribution in [-0.2, 0) is 11.3 Å². The number of carbonyl (C=O) groups is 2. The van der Waals surface area contributed by atoms with Gasteiger partial charge in [0, 0.05) is 19.3 Å². The molecule has 0 spiro atoms. The smallest absolute Gasteiger partial charge is 0.261 e. The number of ether oxygens (including phenoxy) is 1. The van der Waals surface area contributed by atoms with E-state index in [0.29, 0.717) is 24.3 Å². The Balaban J connectivity index is 1.50. The average Bonchev–Trinajstić information content (AvgIpc) is 2.88. The summed E-state index contributed by atoms with van der Waals surface area (Å²) in [7, 11) is 0. The molecule has 1 saturated heterocycles. The highest BCUT2D eigenvalue weighted by atomic mass is 16.5. The van der Waals surface area contributed by atoms with E-state index in [1.165, 1.54) is 4.90 Å². The summed E-state index contributed by atoms with van der Waals surface area (Å²) in [6.45, 7) is 3.30. The number of amides is 2. The van der Waals surface area contributed by atoms with Crippen LogP contribution in [-0.4, -0.2) is 48.0 Å². The fourth-order valence-corrected chi connectivity index (χ4v) is 3.06. The van der Waals surface area contributed by atoms with Gasteiger partial charge in [0.05, 0.1) is 30.9 Å². The third kappa shape index (κ3) is 2.55. The van der Waals surface area contributed by atoms with Gasteiger partial charge in [-0.2, -0.15) is 0 Å². The van der Waals surface area contributed by atoms with Gasteiger partial charge in [0.25, 0.3) is 11.8 Å². The van der Waals surface area contributed by atoms with Gasteiger partial charge in [-0.1, -0.05) is 18.2 Å². The topological polar surface area (TPSA) is 62.7 Å². The van der Waals surface area contributed by atoms with Crippen molar-refractivity contribution < 1.29 is 14.3 Å². The minimum absolute atomic E-state index is 0.239. The molecular formula is C18H17N3O3. The molecule has 1 aromatic heterocycles. The lowest BCUT2D eigenvalue weighted by Crippen LogP contribution is -2.36. The fourth-order valence-electron chi connectivity index (χ4n) is 3.06. The van der Waals surface area contributed by atoms with E-state index in [1.807, 2.05) is 12.1 Å². The van der Waals surface area contributed by atoms with Gasteiger partial charge in [-0.15, -0.1) is 0 Å². The first kappa shape index (κ1) is 14.8. The Hall–Kier alpha value is -2.73. The van der Waals surface area contributed by atoms with Crippen LogP contribution in [0.25, 0.3) is 0 Å². The Kier molecular flexibility index (Phi) is 3.74. The van der Waals surface area contributed by atoms with Crippen LogP contribution < -0.4 is 4.90 Å². The molecule has 122 valence electrons. The largest absolute Gasteiger partial charge is 0.378 e. The maximum Gasteiger partial charge on any atom is 0.261 e. The summed E-state index contributed by atoms with van der Waals surface area (Å²) in [5.74, 6) is 0.408. The van der Waals surface area contributed by atoms with Crippen LogP contribution in [0.4, 0.5) is 5.82 Å².